The summed E-state index contributed by atoms with van der Waals surface area (Å²) in [7, 11) is 0.718. The molecule has 2 aromatic carbocycles. The van der Waals surface area contributed by atoms with Gasteiger partial charge in [-0.3, -0.25) is 4.79 Å². The number of fused-ring (bicyclic) bond motifs is 1. The van der Waals surface area contributed by atoms with Gasteiger partial charge in [0, 0.05) is 31.0 Å². The lowest BCUT2D eigenvalue weighted by Gasteiger charge is -2.14. The van der Waals surface area contributed by atoms with Crippen LogP contribution in [0.2, 0.25) is 0 Å². The van der Waals surface area contributed by atoms with Gasteiger partial charge in [0.15, 0.2) is 15.5 Å². The summed E-state index contributed by atoms with van der Waals surface area (Å²) >= 11 is 0. The van der Waals surface area contributed by atoms with Gasteiger partial charge in [-0.15, -0.1) is 0 Å². The fourth-order valence-electron chi connectivity index (χ4n) is 4.52. The van der Waals surface area contributed by atoms with Gasteiger partial charge in [-0.25, -0.2) is 22.5 Å². The smallest absolute Gasteiger partial charge is 0.256 e. The van der Waals surface area contributed by atoms with Gasteiger partial charge < -0.3 is 10.2 Å². The zero-order chi connectivity index (χ0) is 25.6. The summed E-state index contributed by atoms with van der Waals surface area (Å²) in [6, 6.07) is 14.6. The monoisotopic (exact) mass is 507 g/mol. The second-order valence-electron chi connectivity index (χ2n) is 9.24. The summed E-state index contributed by atoms with van der Waals surface area (Å²) in [4.78, 5) is 20.3. The Morgan fingerprint density at radius 3 is 2.42 bits per heavy atom. The molecule has 0 spiro atoms. The first-order chi connectivity index (χ1) is 17.1. The molecule has 3 heterocycles. The maximum atomic E-state index is 13.6. The van der Waals surface area contributed by atoms with Crippen LogP contribution in [-0.4, -0.2) is 54.7 Å². The Balaban J connectivity index is 1.62. The van der Waals surface area contributed by atoms with E-state index < -0.39 is 9.84 Å². The number of hydrogen-bond acceptors (Lipinski definition) is 6. The van der Waals surface area contributed by atoms with Crippen LogP contribution in [0.25, 0.3) is 22.3 Å². The lowest BCUT2D eigenvalue weighted by atomic mass is 10.0. The SMILES string of the molecule is Cc1nn(C2CCS(=O)(=O)C2)c2nc(-c3ccc(F)cc3)cc(C(=O)Nc3ccc(N(C)C)cc3)c12. The normalized spacial score (nSPS) is 16.8. The molecule has 1 fully saturated rings. The molecule has 1 unspecified atom stereocenters. The van der Waals surface area contributed by atoms with Crippen LogP contribution in [0.5, 0.6) is 0 Å². The highest BCUT2D eigenvalue weighted by Crippen LogP contribution is 2.32. The fourth-order valence-corrected chi connectivity index (χ4v) is 6.22. The van der Waals surface area contributed by atoms with Crippen LogP contribution in [-0.2, 0) is 9.84 Å². The van der Waals surface area contributed by atoms with Gasteiger partial charge in [0.25, 0.3) is 5.91 Å². The first kappa shape index (κ1) is 23.9. The molecule has 1 aliphatic rings. The third-order valence-electron chi connectivity index (χ3n) is 6.42. The molecule has 2 aromatic heterocycles. The minimum atomic E-state index is -3.16. The number of pyridine rings is 1. The molecule has 1 saturated heterocycles. The Kier molecular flexibility index (Phi) is 5.99. The Morgan fingerprint density at radius 1 is 1.11 bits per heavy atom. The van der Waals surface area contributed by atoms with Gasteiger partial charge in [-0.2, -0.15) is 5.10 Å². The molecule has 36 heavy (non-hydrogen) atoms. The second kappa shape index (κ2) is 9.02. The van der Waals surface area contributed by atoms with Crippen LogP contribution in [0.4, 0.5) is 15.8 Å². The van der Waals surface area contributed by atoms with Gasteiger partial charge in [-0.05, 0) is 67.9 Å². The van der Waals surface area contributed by atoms with Gasteiger partial charge in [0.1, 0.15) is 5.82 Å². The standard InChI is InChI=1S/C26H26FN5O3S/c1-16-24-22(26(33)28-19-8-10-20(11-9-19)31(2)3)14-23(17-4-6-18(27)7-5-17)29-25(24)32(30-16)21-12-13-36(34,35)15-21/h4-11,14,21H,12-13,15H2,1-3H3,(H,28,33). The van der Waals surface area contributed by atoms with E-state index >= 15 is 0 Å². The van der Waals surface area contributed by atoms with E-state index in [9.17, 15) is 17.6 Å². The summed E-state index contributed by atoms with van der Waals surface area (Å²) in [5, 5.41) is 8.12. The van der Waals surface area contributed by atoms with Crippen LogP contribution >= 0.6 is 0 Å². The van der Waals surface area contributed by atoms with E-state index in [1.165, 1.54) is 12.1 Å². The molecule has 1 N–H and O–H groups in total. The van der Waals surface area contributed by atoms with Crippen LogP contribution in [0.3, 0.4) is 0 Å². The van der Waals surface area contributed by atoms with Crippen molar-refractivity contribution in [2.75, 3.05) is 35.8 Å². The molecule has 0 saturated carbocycles. The largest absolute Gasteiger partial charge is 0.378 e. The number of carbonyl (C=O) groups excluding carboxylic acids is 1. The highest BCUT2D eigenvalue weighted by atomic mass is 32.2. The Labute approximate surface area is 208 Å². The van der Waals surface area contributed by atoms with Crippen molar-refractivity contribution < 1.29 is 17.6 Å². The zero-order valence-electron chi connectivity index (χ0n) is 20.2. The van der Waals surface area contributed by atoms with Crippen molar-refractivity contribution in [1.29, 1.82) is 0 Å². The first-order valence-corrected chi connectivity index (χ1v) is 13.4. The van der Waals surface area contributed by atoms with Crippen molar-refractivity contribution >= 4 is 38.2 Å². The van der Waals surface area contributed by atoms with E-state index in [2.05, 4.69) is 10.4 Å². The minimum Gasteiger partial charge on any atom is -0.378 e. The number of nitrogens with zero attached hydrogens (tertiary/aromatic N) is 4. The van der Waals surface area contributed by atoms with E-state index in [0.717, 1.165) is 5.69 Å². The number of halogens is 1. The lowest BCUT2D eigenvalue weighted by Crippen LogP contribution is -2.15. The van der Waals surface area contributed by atoms with Gasteiger partial charge >= 0.3 is 0 Å². The molecule has 186 valence electrons. The van der Waals surface area contributed by atoms with Crippen molar-refractivity contribution in [1.82, 2.24) is 14.8 Å². The summed E-state index contributed by atoms with van der Waals surface area (Å²) in [5.74, 6) is -0.654. The minimum absolute atomic E-state index is 0.0224. The fraction of sp³-hybridized carbons (Fsp3) is 0.269. The first-order valence-electron chi connectivity index (χ1n) is 11.6. The Hall–Kier alpha value is -3.79. The number of anilines is 2. The highest BCUT2D eigenvalue weighted by Gasteiger charge is 2.32. The molecule has 0 aliphatic carbocycles. The van der Waals surface area contributed by atoms with E-state index in [-0.39, 0.29) is 29.3 Å². The Bertz CT molecular complexity index is 1560. The summed E-state index contributed by atoms with van der Waals surface area (Å²) < 4.78 is 39.5. The number of sulfone groups is 1. The molecular formula is C26H26FN5O3S. The van der Waals surface area contributed by atoms with Crippen molar-refractivity contribution in [3.05, 3.63) is 71.7 Å². The number of aryl methyl sites for hydroxylation is 1. The molecular weight excluding hydrogens is 481 g/mol. The lowest BCUT2D eigenvalue weighted by molar-refractivity contribution is 0.102. The molecule has 4 aromatic rings. The number of benzene rings is 2. The van der Waals surface area contributed by atoms with Gasteiger partial charge in [0.05, 0.1) is 39.9 Å². The van der Waals surface area contributed by atoms with Crippen molar-refractivity contribution in [3.63, 3.8) is 0 Å². The maximum absolute atomic E-state index is 13.6. The van der Waals surface area contributed by atoms with E-state index in [1.54, 1.807) is 29.8 Å². The van der Waals surface area contributed by atoms with Crippen LogP contribution in [0, 0.1) is 12.7 Å². The average molecular weight is 508 g/mol. The third kappa shape index (κ3) is 4.56. The predicted molar refractivity (Wildman–Crippen MR) is 139 cm³/mol. The topological polar surface area (TPSA) is 97.2 Å². The van der Waals surface area contributed by atoms with E-state index in [4.69, 9.17) is 4.98 Å². The number of aromatic nitrogens is 3. The quantitative estimate of drug-likeness (QED) is 0.434. The van der Waals surface area contributed by atoms with Crippen LogP contribution < -0.4 is 10.2 Å². The average Bonchev–Trinajstić information content (AvgIpc) is 3.38. The second-order valence-corrected chi connectivity index (χ2v) is 11.5. The zero-order valence-corrected chi connectivity index (χ0v) is 21.0. The van der Waals surface area contributed by atoms with E-state index in [0.29, 0.717) is 45.7 Å². The molecule has 8 nitrogen and oxygen atoms in total. The molecule has 1 atom stereocenters. The number of rotatable bonds is 5. The van der Waals surface area contributed by atoms with Crippen molar-refractivity contribution in [2.45, 2.75) is 19.4 Å². The van der Waals surface area contributed by atoms with Crippen molar-refractivity contribution in [2.24, 2.45) is 0 Å². The number of hydrogen-bond donors (Lipinski definition) is 1. The number of nitrogens with one attached hydrogen (secondary N) is 1. The van der Waals surface area contributed by atoms with Crippen molar-refractivity contribution in [3.8, 4) is 11.3 Å². The summed E-state index contributed by atoms with van der Waals surface area (Å²) in [6.07, 6.45) is 0.431. The highest BCUT2D eigenvalue weighted by molar-refractivity contribution is 7.91. The summed E-state index contributed by atoms with van der Waals surface area (Å²) in [6.45, 7) is 1.78. The van der Waals surface area contributed by atoms with Crippen LogP contribution in [0.1, 0.15) is 28.5 Å². The molecule has 0 bridgehead atoms. The molecule has 1 aliphatic heterocycles. The van der Waals surface area contributed by atoms with Gasteiger partial charge in [-0.1, -0.05) is 0 Å². The third-order valence-corrected chi connectivity index (χ3v) is 8.17. The predicted octanol–water partition coefficient (Wildman–Crippen LogP) is 4.22. The molecule has 10 heteroatoms. The molecule has 1 amide bonds. The molecule has 0 radical (unpaired) electrons. The van der Waals surface area contributed by atoms with Crippen LogP contribution in [0.15, 0.2) is 54.6 Å². The summed E-state index contributed by atoms with van der Waals surface area (Å²) in [5.41, 5.74) is 4.11. The van der Waals surface area contributed by atoms with E-state index in [1.807, 2.05) is 43.3 Å². The number of carbonyl (C=O) groups is 1. The van der Waals surface area contributed by atoms with Gasteiger partial charge in [0.2, 0.25) is 0 Å². The number of amides is 1. The maximum Gasteiger partial charge on any atom is 0.256 e. The Morgan fingerprint density at radius 2 is 1.81 bits per heavy atom. The molecule has 5 rings (SSSR count).